The summed E-state index contributed by atoms with van der Waals surface area (Å²) in [6.07, 6.45) is 0. The van der Waals surface area contributed by atoms with Crippen LogP contribution in [0.25, 0.3) is 0 Å². The predicted molar refractivity (Wildman–Crippen MR) is 69.0 cm³/mol. The maximum absolute atomic E-state index is 5.90. The van der Waals surface area contributed by atoms with Gasteiger partial charge in [0.25, 0.3) is 0 Å². The molecule has 2 fully saturated rings. The zero-order chi connectivity index (χ0) is 12.5. The number of nitrogens with one attached hydrogen (secondary N) is 1. The molecule has 1 atom stereocenters. The summed E-state index contributed by atoms with van der Waals surface area (Å²) in [4.78, 5) is 0. The fraction of sp³-hybridized carbons (Fsp3) is 0.500. The molecular formula is C12H18NO4P. The molecule has 0 saturated carbocycles. The van der Waals surface area contributed by atoms with Crippen LogP contribution in [-0.4, -0.2) is 33.5 Å². The summed E-state index contributed by atoms with van der Waals surface area (Å²) in [5, 5.41) is 3.24. The Labute approximate surface area is 107 Å². The molecule has 2 aliphatic heterocycles. The van der Waals surface area contributed by atoms with Crippen LogP contribution in [0.15, 0.2) is 30.3 Å². The molecule has 0 radical (unpaired) electrons. The molecule has 0 bridgehead atoms. The number of rotatable bonds is 3. The molecule has 100 valence electrons. The first-order valence-corrected chi connectivity index (χ1v) is 8.11. The molecule has 1 aromatic carbocycles. The van der Waals surface area contributed by atoms with Crippen molar-refractivity contribution >= 4 is 7.51 Å². The van der Waals surface area contributed by atoms with Gasteiger partial charge in [-0.2, -0.15) is 0 Å². The topological polar surface area (TPSA) is 49.0 Å². The van der Waals surface area contributed by atoms with Crippen molar-refractivity contribution in [3.05, 3.63) is 35.9 Å². The molecule has 18 heavy (non-hydrogen) atoms. The predicted octanol–water partition coefficient (Wildman–Crippen LogP) is 2.21. The van der Waals surface area contributed by atoms with Crippen molar-refractivity contribution in [2.75, 3.05) is 33.5 Å². The molecular weight excluding hydrogens is 253 g/mol. The van der Waals surface area contributed by atoms with E-state index in [1.165, 1.54) is 0 Å². The van der Waals surface area contributed by atoms with E-state index in [0.717, 1.165) is 5.56 Å². The van der Waals surface area contributed by atoms with Gasteiger partial charge >= 0.3 is 106 Å². The van der Waals surface area contributed by atoms with Gasteiger partial charge < -0.3 is 0 Å². The van der Waals surface area contributed by atoms with Gasteiger partial charge in [-0.3, -0.25) is 0 Å². The van der Waals surface area contributed by atoms with Gasteiger partial charge in [-0.05, 0) is 0 Å². The quantitative estimate of drug-likeness (QED) is 0.854. The molecule has 2 aliphatic rings. The Balaban J connectivity index is 2.04. The van der Waals surface area contributed by atoms with E-state index in [0.29, 0.717) is 26.4 Å². The fourth-order valence-corrected chi connectivity index (χ4v) is 6.32. The molecule has 0 aromatic heterocycles. The molecule has 1 aromatic rings. The number of hydrogen-bond donors (Lipinski definition) is 1. The van der Waals surface area contributed by atoms with E-state index in [1.807, 2.05) is 37.4 Å². The molecule has 6 heteroatoms. The van der Waals surface area contributed by atoms with Gasteiger partial charge in [0.2, 0.25) is 0 Å². The standard InChI is InChI=1S/C12H18NO4P/c1-13-12(11-5-3-2-4-6-11)18(14-7-8-15-18)16-9-10-17-18/h2-6,12-13H,7-10H2,1H3. The minimum atomic E-state index is -3.48. The van der Waals surface area contributed by atoms with Crippen molar-refractivity contribution in [2.45, 2.75) is 5.78 Å². The van der Waals surface area contributed by atoms with E-state index >= 15 is 0 Å². The van der Waals surface area contributed by atoms with E-state index in [9.17, 15) is 0 Å². The van der Waals surface area contributed by atoms with Crippen molar-refractivity contribution in [3.8, 4) is 0 Å². The van der Waals surface area contributed by atoms with Crippen molar-refractivity contribution < 1.29 is 18.1 Å². The second-order valence-corrected chi connectivity index (χ2v) is 7.59. The van der Waals surface area contributed by atoms with E-state index in [2.05, 4.69) is 5.32 Å². The SMILES string of the molecule is CNC(c1ccccc1)P12(OCCO1)OCCO2. The van der Waals surface area contributed by atoms with Crippen LogP contribution >= 0.6 is 7.51 Å². The summed E-state index contributed by atoms with van der Waals surface area (Å²) >= 11 is 0. The van der Waals surface area contributed by atoms with Crippen molar-refractivity contribution in [2.24, 2.45) is 0 Å². The summed E-state index contributed by atoms with van der Waals surface area (Å²) < 4.78 is 23.6. The first kappa shape index (κ1) is 12.5. The number of hydrogen-bond acceptors (Lipinski definition) is 5. The van der Waals surface area contributed by atoms with Crippen LogP contribution in [0.4, 0.5) is 0 Å². The molecule has 0 aliphatic carbocycles. The third kappa shape index (κ3) is 1.71. The summed E-state index contributed by atoms with van der Waals surface area (Å²) in [5.41, 5.74) is 1.06. The average molecular weight is 271 g/mol. The number of benzene rings is 1. The zero-order valence-corrected chi connectivity index (χ0v) is 11.3. The van der Waals surface area contributed by atoms with Gasteiger partial charge in [0.1, 0.15) is 0 Å². The Hall–Kier alpha value is -0.550. The van der Waals surface area contributed by atoms with Crippen LogP contribution < -0.4 is 5.32 Å². The Morgan fingerprint density at radius 3 is 1.89 bits per heavy atom. The van der Waals surface area contributed by atoms with Crippen LogP contribution in [-0.2, 0) is 18.1 Å². The molecule has 0 amide bonds. The first-order valence-electron chi connectivity index (χ1n) is 6.13. The van der Waals surface area contributed by atoms with Crippen LogP contribution in [0.5, 0.6) is 0 Å². The second kappa shape index (κ2) is 4.53. The van der Waals surface area contributed by atoms with E-state index in [-0.39, 0.29) is 5.78 Å². The Bertz CT molecular complexity index is 392. The van der Waals surface area contributed by atoms with Gasteiger partial charge in [-0.25, -0.2) is 0 Å². The maximum atomic E-state index is 5.90. The molecule has 3 rings (SSSR count). The molecule has 2 heterocycles. The van der Waals surface area contributed by atoms with Gasteiger partial charge in [-0.15, -0.1) is 0 Å². The Kier molecular flexibility index (Phi) is 3.14. The van der Waals surface area contributed by atoms with Crippen LogP contribution in [0.2, 0.25) is 0 Å². The molecule has 2 saturated heterocycles. The van der Waals surface area contributed by atoms with E-state index in [4.69, 9.17) is 18.1 Å². The zero-order valence-electron chi connectivity index (χ0n) is 10.4. The summed E-state index contributed by atoms with van der Waals surface area (Å²) in [7, 11) is -1.61. The van der Waals surface area contributed by atoms with Crippen molar-refractivity contribution in [1.29, 1.82) is 0 Å². The van der Waals surface area contributed by atoms with Crippen LogP contribution in [0, 0.1) is 0 Å². The summed E-state index contributed by atoms with van der Waals surface area (Å²) in [6, 6.07) is 10.0. The normalized spacial score (nSPS) is 28.8. The average Bonchev–Trinajstić information content (AvgIpc) is 3.02. The first-order chi connectivity index (χ1) is 8.79. The molecule has 1 N–H and O–H groups in total. The van der Waals surface area contributed by atoms with Gasteiger partial charge in [0, 0.05) is 0 Å². The van der Waals surface area contributed by atoms with E-state index < -0.39 is 7.51 Å². The second-order valence-electron chi connectivity index (χ2n) is 4.30. The molecule has 5 nitrogen and oxygen atoms in total. The van der Waals surface area contributed by atoms with Gasteiger partial charge in [-0.1, -0.05) is 0 Å². The Morgan fingerprint density at radius 1 is 0.944 bits per heavy atom. The fourth-order valence-electron chi connectivity index (χ4n) is 2.59. The van der Waals surface area contributed by atoms with Crippen molar-refractivity contribution in [3.63, 3.8) is 0 Å². The third-order valence-electron chi connectivity index (χ3n) is 3.27. The van der Waals surface area contributed by atoms with Crippen molar-refractivity contribution in [1.82, 2.24) is 5.32 Å². The minimum absolute atomic E-state index is 0.206. The van der Waals surface area contributed by atoms with Crippen LogP contribution in [0.3, 0.4) is 0 Å². The molecule has 1 spiro atoms. The van der Waals surface area contributed by atoms with E-state index in [1.54, 1.807) is 0 Å². The Morgan fingerprint density at radius 2 is 1.44 bits per heavy atom. The third-order valence-corrected chi connectivity index (χ3v) is 7.26. The summed E-state index contributed by atoms with van der Waals surface area (Å²) in [6.45, 7) is 2.07. The van der Waals surface area contributed by atoms with Gasteiger partial charge in [0.15, 0.2) is 0 Å². The summed E-state index contributed by atoms with van der Waals surface area (Å²) in [5.74, 6) is -0.206. The monoisotopic (exact) mass is 271 g/mol. The van der Waals surface area contributed by atoms with Gasteiger partial charge in [0.05, 0.1) is 0 Å². The molecule has 1 unspecified atom stereocenters. The van der Waals surface area contributed by atoms with Crippen LogP contribution in [0.1, 0.15) is 11.3 Å².